The molecule has 0 aromatic rings. The van der Waals surface area contributed by atoms with Crippen LogP contribution in [-0.4, -0.2) is 25.8 Å². The van der Waals surface area contributed by atoms with E-state index >= 15 is 0 Å². The first kappa shape index (κ1) is 15.2. The van der Waals surface area contributed by atoms with Crippen LogP contribution in [0.3, 0.4) is 0 Å². The van der Waals surface area contributed by atoms with Gasteiger partial charge in [0.25, 0.3) is 9.24 Å². The van der Waals surface area contributed by atoms with Gasteiger partial charge >= 0.3 is 0 Å². The van der Waals surface area contributed by atoms with Crippen LogP contribution in [0, 0.1) is 11.8 Å². The largest absolute Gasteiger partial charge is 0.299 e. The lowest BCUT2D eigenvalue weighted by atomic mass is 10.1. The summed E-state index contributed by atoms with van der Waals surface area (Å²) in [7, 11) is 1.81. The predicted octanol–water partition coefficient (Wildman–Crippen LogP) is 2.86. The van der Waals surface area contributed by atoms with Crippen molar-refractivity contribution in [2.24, 2.45) is 11.8 Å². The molecule has 0 heterocycles. The van der Waals surface area contributed by atoms with E-state index in [9.17, 15) is 8.42 Å². The second-order valence-electron chi connectivity index (χ2n) is 4.71. The van der Waals surface area contributed by atoms with E-state index in [0.29, 0.717) is 24.9 Å². The maximum Gasteiger partial charge on any atom is 0.299 e. The smallest absolute Gasteiger partial charge is 0.195 e. The van der Waals surface area contributed by atoms with E-state index in [1.165, 1.54) is 4.31 Å². The van der Waals surface area contributed by atoms with E-state index in [2.05, 4.69) is 27.7 Å². The molecule has 0 amide bonds. The second kappa shape index (κ2) is 6.71. The Morgan fingerprint density at radius 3 is 1.53 bits per heavy atom. The molecule has 0 saturated heterocycles. The first-order valence-corrected chi connectivity index (χ1v) is 7.69. The van der Waals surface area contributed by atoms with Gasteiger partial charge in [0.2, 0.25) is 0 Å². The lowest BCUT2D eigenvalue weighted by Gasteiger charge is -2.20. The Morgan fingerprint density at radius 2 is 1.33 bits per heavy atom. The van der Waals surface area contributed by atoms with Crippen LogP contribution in [0.2, 0.25) is 0 Å². The highest BCUT2D eigenvalue weighted by Gasteiger charge is 2.18. The Kier molecular flexibility index (Phi) is 6.80. The molecular formula is C10H22ClNO2S. The van der Waals surface area contributed by atoms with Gasteiger partial charge in [0.15, 0.2) is 0 Å². The molecule has 0 bridgehead atoms. The van der Waals surface area contributed by atoms with Crippen LogP contribution < -0.4 is 0 Å². The molecule has 0 N–H and O–H groups in total. The third-order valence-electron chi connectivity index (χ3n) is 2.22. The average molecular weight is 256 g/mol. The molecule has 15 heavy (non-hydrogen) atoms. The highest BCUT2D eigenvalue weighted by molar-refractivity contribution is 8.11. The fourth-order valence-corrected chi connectivity index (χ4v) is 2.20. The van der Waals surface area contributed by atoms with E-state index < -0.39 is 9.24 Å². The van der Waals surface area contributed by atoms with Crippen molar-refractivity contribution in [2.45, 2.75) is 40.5 Å². The van der Waals surface area contributed by atoms with Gasteiger partial charge in [0.05, 0.1) is 0 Å². The minimum Gasteiger partial charge on any atom is -0.195 e. The van der Waals surface area contributed by atoms with Crippen molar-refractivity contribution in [1.82, 2.24) is 4.31 Å². The van der Waals surface area contributed by atoms with E-state index in [-0.39, 0.29) is 0 Å². The predicted molar refractivity (Wildman–Crippen MR) is 65.3 cm³/mol. The molecule has 0 aromatic heterocycles. The molecule has 92 valence electrons. The summed E-state index contributed by atoms with van der Waals surface area (Å²) in [5.74, 6) is 0.981. The van der Waals surface area contributed by atoms with Gasteiger partial charge in [-0.15, -0.1) is 0 Å². The van der Waals surface area contributed by atoms with E-state index in [0.717, 1.165) is 12.8 Å². The maximum absolute atomic E-state index is 11.2. The maximum atomic E-state index is 11.2. The van der Waals surface area contributed by atoms with Crippen molar-refractivity contribution in [2.75, 3.05) is 13.1 Å². The molecular weight excluding hydrogens is 234 g/mol. The first-order chi connectivity index (χ1) is 6.73. The van der Waals surface area contributed by atoms with Crippen LogP contribution in [0.15, 0.2) is 0 Å². The summed E-state index contributed by atoms with van der Waals surface area (Å²) in [6.07, 6.45) is 1.70. The Morgan fingerprint density at radius 1 is 1.00 bits per heavy atom. The van der Waals surface area contributed by atoms with Gasteiger partial charge in [0.1, 0.15) is 0 Å². The molecule has 0 radical (unpaired) electrons. The van der Waals surface area contributed by atoms with Gasteiger partial charge in [-0.1, -0.05) is 27.7 Å². The van der Waals surface area contributed by atoms with Crippen molar-refractivity contribution in [1.29, 1.82) is 0 Å². The van der Waals surface area contributed by atoms with Gasteiger partial charge in [-0.25, -0.2) is 0 Å². The fourth-order valence-electron chi connectivity index (χ4n) is 1.13. The summed E-state index contributed by atoms with van der Waals surface area (Å²) in [6, 6.07) is 0. The van der Waals surface area contributed by atoms with Gasteiger partial charge in [0, 0.05) is 23.8 Å². The molecule has 0 saturated carbocycles. The number of hydrogen-bond donors (Lipinski definition) is 0. The number of halogens is 1. The molecule has 0 aliphatic carbocycles. The summed E-state index contributed by atoms with van der Waals surface area (Å²) < 4.78 is 23.9. The van der Waals surface area contributed by atoms with Crippen LogP contribution in [0.4, 0.5) is 0 Å². The minimum atomic E-state index is -3.55. The van der Waals surface area contributed by atoms with Gasteiger partial charge < -0.3 is 0 Å². The van der Waals surface area contributed by atoms with Crippen LogP contribution in [0.5, 0.6) is 0 Å². The third-order valence-corrected chi connectivity index (χ3v) is 3.79. The Labute approximate surface area is 98.4 Å². The quantitative estimate of drug-likeness (QED) is 0.656. The summed E-state index contributed by atoms with van der Waals surface area (Å²) in [4.78, 5) is 0. The van der Waals surface area contributed by atoms with Crippen molar-refractivity contribution >= 4 is 19.9 Å². The first-order valence-electron chi connectivity index (χ1n) is 5.43. The highest BCUT2D eigenvalue weighted by Crippen LogP contribution is 2.13. The topological polar surface area (TPSA) is 37.4 Å². The zero-order valence-electron chi connectivity index (χ0n) is 10.0. The fraction of sp³-hybridized carbons (Fsp3) is 1.00. The Hall–Kier alpha value is 0.200. The summed E-state index contributed by atoms with van der Waals surface area (Å²) in [6.45, 7) is 9.33. The van der Waals surface area contributed by atoms with Crippen molar-refractivity contribution in [3.63, 3.8) is 0 Å². The van der Waals surface area contributed by atoms with Crippen LogP contribution in [-0.2, 0) is 9.24 Å². The van der Waals surface area contributed by atoms with E-state index in [1.807, 2.05) is 0 Å². The van der Waals surface area contributed by atoms with E-state index in [1.54, 1.807) is 0 Å². The minimum absolute atomic E-state index is 0.491. The molecule has 5 heteroatoms. The molecule has 0 unspecified atom stereocenters. The standard InChI is InChI=1S/C10H22ClNO2S/c1-9(2)5-7-12(15(11,13)14)8-6-10(3)4/h9-10H,5-8H2,1-4H3. The second-order valence-corrected chi connectivity index (χ2v) is 7.22. The number of hydrogen-bond acceptors (Lipinski definition) is 2. The molecule has 0 aromatic carbocycles. The molecule has 0 aliphatic rings. The van der Waals surface area contributed by atoms with Crippen molar-refractivity contribution < 1.29 is 8.42 Å². The van der Waals surface area contributed by atoms with Crippen molar-refractivity contribution in [3.05, 3.63) is 0 Å². The highest BCUT2D eigenvalue weighted by atomic mass is 35.7. The van der Waals surface area contributed by atoms with E-state index in [4.69, 9.17) is 10.7 Å². The lowest BCUT2D eigenvalue weighted by molar-refractivity contribution is 0.363. The van der Waals surface area contributed by atoms with Gasteiger partial charge in [-0.05, 0) is 24.7 Å². The molecule has 0 rings (SSSR count). The Balaban J connectivity index is 4.21. The summed E-state index contributed by atoms with van der Waals surface area (Å²) in [5, 5.41) is 0. The zero-order chi connectivity index (χ0) is 12.1. The van der Waals surface area contributed by atoms with Gasteiger partial charge in [-0.2, -0.15) is 12.7 Å². The SMILES string of the molecule is CC(C)CCN(CCC(C)C)S(=O)(=O)Cl. The summed E-state index contributed by atoms with van der Waals surface area (Å²) >= 11 is 0. The average Bonchev–Trinajstić information content (AvgIpc) is 2.00. The van der Waals surface area contributed by atoms with Crippen molar-refractivity contribution in [3.8, 4) is 0 Å². The zero-order valence-corrected chi connectivity index (χ0v) is 11.6. The molecule has 3 nitrogen and oxygen atoms in total. The number of nitrogens with zero attached hydrogens (tertiary/aromatic N) is 1. The normalized spacial score (nSPS) is 13.1. The molecule has 0 aliphatic heterocycles. The van der Waals surface area contributed by atoms with Crippen LogP contribution >= 0.6 is 10.7 Å². The summed E-state index contributed by atoms with van der Waals surface area (Å²) in [5.41, 5.74) is 0. The monoisotopic (exact) mass is 255 g/mol. The van der Waals surface area contributed by atoms with Crippen LogP contribution in [0.1, 0.15) is 40.5 Å². The van der Waals surface area contributed by atoms with Crippen LogP contribution in [0.25, 0.3) is 0 Å². The lowest BCUT2D eigenvalue weighted by Crippen LogP contribution is -2.30. The molecule has 0 spiro atoms. The third kappa shape index (κ3) is 8.05. The Bertz CT molecular complexity index is 251. The molecule has 0 atom stereocenters. The number of rotatable bonds is 7. The van der Waals surface area contributed by atoms with Gasteiger partial charge in [-0.3, -0.25) is 0 Å². The molecule has 0 fully saturated rings.